The van der Waals surface area contributed by atoms with E-state index < -0.39 is 5.60 Å². The van der Waals surface area contributed by atoms with E-state index >= 15 is 0 Å². The molecule has 1 fully saturated rings. The predicted molar refractivity (Wildman–Crippen MR) is 194 cm³/mol. The van der Waals surface area contributed by atoms with Crippen molar-refractivity contribution in [1.29, 1.82) is 5.26 Å². The summed E-state index contributed by atoms with van der Waals surface area (Å²) in [5.41, 5.74) is 5.70. The van der Waals surface area contributed by atoms with Gasteiger partial charge in [0.1, 0.15) is 49.6 Å². The van der Waals surface area contributed by atoms with Crippen molar-refractivity contribution in [2.24, 2.45) is 0 Å². The van der Waals surface area contributed by atoms with Crippen LogP contribution in [0.4, 0.5) is 4.79 Å². The molecule has 0 unspecified atom stereocenters. The predicted octanol–water partition coefficient (Wildman–Crippen LogP) is 8.00. The number of hydrogen-bond donors (Lipinski definition) is 1. The first-order valence-corrected chi connectivity index (χ1v) is 17.6. The fourth-order valence-corrected chi connectivity index (χ4v) is 6.40. The second kappa shape index (κ2) is 15.9. The largest absolute Gasteiger partial charge is 0.488 e. The fourth-order valence-electron chi connectivity index (χ4n) is 6.16. The van der Waals surface area contributed by atoms with E-state index in [1.54, 1.807) is 17.2 Å². The molecule has 0 bridgehead atoms. The van der Waals surface area contributed by atoms with E-state index in [2.05, 4.69) is 29.4 Å². The SMILES string of the molecule is Cc1c(COc2cc(OCc3cncc(C#N)c3)c(CN[C@@H]3CCCN(C(=O)OC(C)(C)C)C3)cc2Cl)cccc1-c1ccc2c(c1)OCCO2. The van der Waals surface area contributed by atoms with Crippen molar-refractivity contribution in [3.05, 3.63) is 99.8 Å². The normalized spacial score (nSPS) is 15.5. The smallest absolute Gasteiger partial charge is 0.410 e. The molecule has 51 heavy (non-hydrogen) atoms. The van der Waals surface area contributed by atoms with Crippen LogP contribution in [0.2, 0.25) is 5.02 Å². The number of nitrogens with zero attached hydrogens (tertiary/aromatic N) is 3. The summed E-state index contributed by atoms with van der Waals surface area (Å²) in [5.74, 6) is 2.57. The molecular formula is C40H43ClN4O6. The van der Waals surface area contributed by atoms with Gasteiger partial charge in [-0.05, 0) is 87.1 Å². The number of nitrogens with one attached hydrogen (secondary N) is 1. The molecule has 1 aromatic heterocycles. The van der Waals surface area contributed by atoms with Crippen molar-refractivity contribution >= 4 is 17.7 Å². The zero-order valence-electron chi connectivity index (χ0n) is 29.5. The highest BCUT2D eigenvalue weighted by Gasteiger charge is 2.28. The van der Waals surface area contributed by atoms with Crippen molar-refractivity contribution in [3.8, 4) is 40.2 Å². The Bertz CT molecular complexity index is 1920. The molecule has 3 aromatic carbocycles. The Morgan fingerprint density at radius 2 is 1.82 bits per heavy atom. The Hall–Kier alpha value is -4.98. The molecule has 1 saturated heterocycles. The van der Waals surface area contributed by atoms with Gasteiger partial charge in [-0.1, -0.05) is 35.9 Å². The lowest BCUT2D eigenvalue weighted by molar-refractivity contribution is 0.0187. The maximum absolute atomic E-state index is 12.8. The molecule has 0 aliphatic carbocycles. The molecule has 3 heterocycles. The van der Waals surface area contributed by atoms with Crippen LogP contribution >= 0.6 is 11.6 Å². The molecule has 2 aliphatic heterocycles. The number of carbonyl (C=O) groups is 1. The molecule has 1 amide bonds. The van der Waals surface area contributed by atoms with Gasteiger partial charge in [0.05, 0.1) is 10.6 Å². The van der Waals surface area contributed by atoms with Crippen LogP contribution in [-0.2, 0) is 24.5 Å². The molecule has 266 valence electrons. The van der Waals surface area contributed by atoms with Crippen molar-refractivity contribution in [1.82, 2.24) is 15.2 Å². The van der Waals surface area contributed by atoms with Gasteiger partial charge in [-0.15, -0.1) is 0 Å². The van der Waals surface area contributed by atoms with Crippen LogP contribution in [0.25, 0.3) is 11.1 Å². The summed E-state index contributed by atoms with van der Waals surface area (Å²) in [6.07, 6.45) is 4.68. The second-order valence-corrected chi connectivity index (χ2v) is 14.2. The minimum Gasteiger partial charge on any atom is -0.488 e. The number of carbonyl (C=O) groups excluding carboxylic acids is 1. The summed E-state index contributed by atoms with van der Waals surface area (Å²) in [7, 11) is 0. The summed E-state index contributed by atoms with van der Waals surface area (Å²) >= 11 is 6.86. The highest BCUT2D eigenvalue weighted by atomic mass is 35.5. The van der Waals surface area contributed by atoms with E-state index in [9.17, 15) is 10.1 Å². The standard InChI is InChI=1S/C40H43ClN4O6/c1-26-30(7-5-9-33(26)29-10-11-35-38(17-29)48-14-13-47-35)25-50-37-18-36(49-24-28-15-27(19-42)20-43-21-28)31(16-34(37)41)22-44-32-8-6-12-45(23-32)39(46)51-40(2,3)4/h5,7,9-11,15-18,20-21,32,44H,6,8,12-14,22-25H2,1-4H3/t32-/m1/s1. The van der Waals surface area contributed by atoms with E-state index in [4.69, 9.17) is 35.3 Å². The van der Waals surface area contributed by atoms with Gasteiger partial charge in [0.25, 0.3) is 0 Å². The summed E-state index contributed by atoms with van der Waals surface area (Å²) in [6.45, 7) is 10.9. The Labute approximate surface area is 304 Å². The molecule has 11 heteroatoms. The lowest BCUT2D eigenvalue weighted by atomic mass is 9.96. The van der Waals surface area contributed by atoms with Crippen LogP contribution in [0.3, 0.4) is 0 Å². The number of amides is 1. The molecule has 0 spiro atoms. The topological polar surface area (TPSA) is 115 Å². The highest BCUT2D eigenvalue weighted by molar-refractivity contribution is 6.32. The van der Waals surface area contributed by atoms with E-state index in [-0.39, 0.29) is 25.3 Å². The number of benzene rings is 3. The summed E-state index contributed by atoms with van der Waals surface area (Å²) in [6, 6.07) is 19.8. The zero-order valence-corrected chi connectivity index (χ0v) is 30.2. The van der Waals surface area contributed by atoms with Crippen LogP contribution in [0.5, 0.6) is 23.0 Å². The summed E-state index contributed by atoms with van der Waals surface area (Å²) in [4.78, 5) is 18.7. The first-order chi connectivity index (χ1) is 24.6. The maximum atomic E-state index is 12.8. The maximum Gasteiger partial charge on any atom is 0.410 e. The van der Waals surface area contributed by atoms with E-state index in [1.165, 1.54) is 6.20 Å². The average molecular weight is 711 g/mol. The third-order valence-corrected chi connectivity index (χ3v) is 9.07. The van der Waals surface area contributed by atoms with Crippen LogP contribution in [-0.4, -0.2) is 53.9 Å². The van der Waals surface area contributed by atoms with Crippen LogP contribution in [0.15, 0.2) is 67.0 Å². The number of hydrogen-bond acceptors (Lipinski definition) is 9. The molecule has 10 nitrogen and oxygen atoms in total. The number of aromatic nitrogens is 1. The molecule has 2 aliphatic rings. The molecular weight excluding hydrogens is 668 g/mol. The van der Waals surface area contributed by atoms with Gasteiger partial charge in [-0.2, -0.15) is 5.26 Å². The number of rotatable bonds is 10. The minimum atomic E-state index is -0.555. The van der Waals surface area contributed by atoms with Crippen molar-refractivity contribution in [2.75, 3.05) is 26.3 Å². The molecule has 6 rings (SSSR count). The third-order valence-electron chi connectivity index (χ3n) is 8.77. The minimum absolute atomic E-state index is 0.0646. The van der Waals surface area contributed by atoms with Crippen LogP contribution in [0, 0.1) is 18.3 Å². The van der Waals surface area contributed by atoms with Gasteiger partial charge >= 0.3 is 6.09 Å². The molecule has 1 atom stereocenters. The highest BCUT2D eigenvalue weighted by Crippen LogP contribution is 2.37. The number of pyridine rings is 1. The quantitative estimate of drug-likeness (QED) is 0.175. The fraction of sp³-hybridized carbons (Fsp3) is 0.375. The molecule has 0 saturated carbocycles. The van der Waals surface area contributed by atoms with Gasteiger partial charge in [0.15, 0.2) is 11.5 Å². The Balaban J connectivity index is 1.19. The van der Waals surface area contributed by atoms with Gasteiger partial charge in [-0.3, -0.25) is 4.98 Å². The molecule has 4 aromatic rings. The van der Waals surface area contributed by atoms with Gasteiger partial charge < -0.3 is 33.9 Å². The number of halogens is 1. The van der Waals surface area contributed by atoms with Crippen molar-refractivity contribution < 1.29 is 28.5 Å². The zero-order chi connectivity index (χ0) is 36.0. The second-order valence-electron chi connectivity index (χ2n) is 13.8. The van der Waals surface area contributed by atoms with E-state index in [0.29, 0.717) is 54.9 Å². The third kappa shape index (κ3) is 9.23. The monoisotopic (exact) mass is 710 g/mol. The van der Waals surface area contributed by atoms with E-state index in [0.717, 1.165) is 57.7 Å². The number of piperidine rings is 1. The lowest BCUT2D eigenvalue weighted by Gasteiger charge is -2.34. The first-order valence-electron chi connectivity index (χ1n) is 17.2. The summed E-state index contributed by atoms with van der Waals surface area (Å²) < 4.78 is 29.8. The van der Waals surface area contributed by atoms with Gasteiger partial charge in [0, 0.05) is 55.3 Å². The van der Waals surface area contributed by atoms with Crippen molar-refractivity contribution in [2.45, 2.75) is 71.9 Å². The first kappa shape index (κ1) is 35.8. The van der Waals surface area contributed by atoms with Crippen LogP contribution in [0.1, 0.15) is 61.4 Å². The van der Waals surface area contributed by atoms with E-state index in [1.807, 2.05) is 63.2 Å². The Kier molecular flexibility index (Phi) is 11.2. The number of nitriles is 1. The lowest BCUT2D eigenvalue weighted by Crippen LogP contribution is -2.49. The number of ether oxygens (including phenoxy) is 5. The average Bonchev–Trinajstić information content (AvgIpc) is 3.12. The number of likely N-dealkylation sites (tertiary alicyclic amines) is 1. The number of fused-ring (bicyclic) bond motifs is 1. The van der Waals surface area contributed by atoms with Gasteiger partial charge in [0.2, 0.25) is 0 Å². The van der Waals surface area contributed by atoms with Crippen molar-refractivity contribution in [3.63, 3.8) is 0 Å². The Morgan fingerprint density at radius 3 is 2.63 bits per heavy atom. The molecule has 0 radical (unpaired) electrons. The van der Waals surface area contributed by atoms with Gasteiger partial charge in [-0.25, -0.2) is 4.79 Å². The van der Waals surface area contributed by atoms with Crippen LogP contribution < -0.4 is 24.3 Å². The Morgan fingerprint density at radius 1 is 1.02 bits per heavy atom. The molecule has 1 N–H and O–H groups in total. The summed E-state index contributed by atoms with van der Waals surface area (Å²) in [5, 5.41) is 13.4.